The smallest absolute Gasteiger partial charge is 0.321 e. The number of benzene rings is 2. The summed E-state index contributed by atoms with van der Waals surface area (Å²) in [5, 5.41) is 9.70. The van der Waals surface area contributed by atoms with Gasteiger partial charge in [0, 0.05) is 19.0 Å². The number of nitrogens with zero attached hydrogens (tertiary/aromatic N) is 4. The SMILES string of the molecule is CC.CCCc1nc2ccccc2n1C1CCN(C)CC1.O=C(O)C(C1CCCCC1)N1CC[C@@H](c2ccccc2)C1. The van der Waals surface area contributed by atoms with Crippen LogP contribution in [0.3, 0.4) is 0 Å². The van der Waals surface area contributed by atoms with Crippen LogP contribution in [0.25, 0.3) is 11.0 Å². The number of rotatable bonds is 7. The molecule has 3 fully saturated rings. The fraction of sp³-hybridized carbons (Fsp3) is 0.611. The van der Waals surface area contributed by atoms with Gasteiger partial charge in [-0.3, -0.25) is 9.69 Å². The van der Waals surface area contributed by atoms with Crippen molar-refractivity contribution in [1.82, 2.24) is 19.4 Å². The average molecular weight is 575 g/mol. The summed E-state index contributed by atoms with van der Waals surface area (Å²) in [6.45, 7) is 10.5. The Bertz CT molecular complexity index is 1210. The molecule has 0 amide bonds. The highest BCUT2D eigenvalue weighted by Gasteiger charge is 2.38. The zero-order valence-corrected chi connectivity index (χ0v) is 26.5. The molecule has 42 heavy (non-hydrogen) atoms. The zero-order chi connectivity index (χ0) is 29.9. The maximum Gasteiger partial charge on any atom is 0.321 e. The van der Waals surface area contributed by atoms with Crippen LogP contribution in [-0.2, 0) is 11.2 Å². The number of carboxylic acid groups (broad SMARTS) is 1. The second kappa shape index (κ2) is 16.2. The molecule has 1 N–H and O–H groups in total. The molecule has 1 saturated carbocycles. The molecule has 2 saturated heterocycles. The molecule has 3 aliphatic rings. The molecule has 0 radical (unpaired) electrons. The van der Waals surface area contributed by atoms with Gasteiger partial charge in [-0.15, -0.1) is 0 Å². The quantitative estimate of drug-likeness (QED) is 0.312. The second-order valence-corrected chi connectivity index (χ2v) is 12.2. The van der Waals surface area contributed by atoms with Crippen molar-refractivity contribution in [2.75, 3.05) is 33.2 Å². The highest BCUT2D eigenvalue weighted by atomic mass is 16.4. The number of aromatic nitrogens is 2. The predicted molar refractivity (Wildman–Crippen MR) is 174 cm³/mol. The molecule has 2 aromatic carbocycles. The van der Waals surface area contributed by atoms with Gasteiger partial charge in [0.05, 0.1) is 11.0 Å². The Morgan fingerprint density at radius 3 is 2.24 bits per heavy atom. The van der Waals surface area contributed by atoms with E-state index in [2.05, 4.69) is 76.9 Å². The third kappa shape index (κ3) is 8.02. The van der Waals surface area contributed by atoms with Crippen molar-refractivity contribution in [3.8, 4) is 0 Å². The molecule has 6 rings (SSSR count). The standard InChI is InChI=1S/C18H25NO2.C16H23N3.C2H6/c20-18(21)17(15-9-5-2-6-10-15)19-12-11-16(13-19)14-7-3-1-4-8-14;1-3-6-16-17-14-7-4-5-8-15(14)19(16)13-9-11-18(2)12-10-13;1-2/h1,3-4,7-8,15-17H,2,5-6,9-13H2,(H,20,21);4-5,7-8,13H,3,6,9-12H2,1-2H3;1-2H3/t16-,17?;;/m1../s1. The number of carbonyl (C=O) groups is 1. The van der Waals surface area contributed by atoms with E-state index in [1.54, 1.807) is 0 Å². The number of hydrogen-bond donors (Lipinski definition) is 1. The predicted octanol–water partition coefficient (Wildman–Crippen LogP) is 7.79. The van der Waals surface area contributed by atoms with Gasteiger partial charge in [-0.25, -0.2) is 4.98 Å². The number of fused-ring (bicyclic) bond motifs is 1. The van der Waals surface area contributed by atoms with Crippen LogP contribution in [0.4, 0.5) is 0 Å². The van der Waals surface area contributed by atoms with Gasteiger partial charge >= 0.3 is 5.97 Å². The number of carboxylic acids is 1. The molecule has 0 bridgehead atoms. The van der Waals surface area contributed by atoms with Gasteiger partial charge in [0.15, 0.2) is 0 Å². The van der Waals surface area contributed by atoms with Gasteiger partial charge in [-0.05, 0) is 94.7 Å². The van der Waals surface area contributed by atoms with Crippen LogP contribution in [0.2, 0.25) is 0 Å². The lowest BCUT2D eigenvalue weighted by Gasteiger charge is -2.33. The minimum absolute atomic E-state index is 0.265. The second-order valence-electron chi connectivity index (χ2n) is 12.2. The number of aryl methyl sites for hydroxylation is 1. The van der Waals surface area contributed by atoms with E-state index in [0.717, 1.165) is 50.7 Å². The summed E-state index contributed by atoms with van der Waals surface area (Å²) in [7, 11) is 2.22. The maximum atomic E-state index is 11.8. The van der Waals surface area contributed by atoms with Crippen LogP contribution >= 0.6 is 0 Å². The van der Waals surface area contributed by atoms with Gasteiger partial charge in [-0.2, -0.15) is 0 Å². The Hall–Kier alpha value is -2.70. The van der Waals surface area contributed by atoms with Gasteiger partial charge < -0.3 is 14.6 Å². The Labute approximate surface area is 254 Å². The van der Waals surface area contributed by atoms with Crippen molar-refractivity contribution in [2.24, 2.45) is 5.92 Å². The summed E-state index contributed by atoms with van der Waals surface area (Å²) in [6, 6.07) is 19.5. The Balaban J connectivity index is 0.000000183. The van der Waals surface area contributed by atoms with E-state index in [1.165, 1.54) is 62.1 Å². The fourth-order valence-corrected chi connectivity index (χ4v) is 7.30. The van der Waals surface area contributed by atoms with Crippen LogP contribution in [0, 0.1) is 5.92 Å². The molecule has 3 heterocycles. The van der Waals surface area contributed by atoms with E-state index in [-0.39, 0.29) is 6.04 Å². The van der Waals surface area contributed by atoms with Crippen molar-refractivity contribution < 1.29 is 9.90 Å². The molecule has 1 unspecified atom stereocenters. The van der Waals surface area contributed by atoms with Gasteiger partial charge in [0.1, 0.15) is 11.9 Å². The van der Waals surface area contributed by atoms with Crippen LogP contribution < -0.4 is 0 Å². The third-order valence-electron chi connectivity index (χ3n) is 9.43. The summed E-state index contributed by atoms with van der Waals surface area (Å²) in [5.74, 6) is 1.51. The first-order valence-corrected chi connectivity index (χ1v) is 16.7. The molecule has 2 atom stereocenters. The molecular formula is C36H54N4O2. The monoisotopic (exact) mass is 574 g/mol. The van der Waals surface area contributed by atoms with Crippen LogP contribution in [0.1, 0.15) is 102 Å². The lowest BCUT2D eigenvalue weighted by Crippen LogP contribution is -2.45. The number of aliphatic carboxylic acids is 1. The summed E-state index contributed by atoms with van der Waals surface area (Å²) < 4.78 is 2.52. The summed E-state index contributed by atoms with van der Waals surface area (Å²) >= 11 is 0. The molecule has 6 heteroatoms. The lowest BCUT2D eigenvalue weighted by molar-refractivity contribution is -0.145. The van der Waals surface area contributed by atoms with Crippen molar-refractivity contribution in [1.29, 1.82) is 0 Å². The first-order chi connectivity index (χ1) is 20.5. The molecule has 230 valence electrons. The van der Waals surface area contributed by atoms with Gasteiger partial charge in [-0.1, -0.05) is 82.5 Å². The molecule has 0 spiro atoms. The summed E-state index contributed by atoms with van der Waals surface area (Å²) in [4.78, 5) is 21.3. The largest absolute Gasteiger partial charge is 0.480 e. The summed E-state index contributed by atoms with van der Waals surface area (Å²) in [6.07, 6.45) is 11.7. The van der Waals surface area contributed by atoms with E-state index in [1.807, 2.05) is 19.9 Å². The molecule has 3 aromatic rings. The van der Waals surface area contributed by atoms with Crippen molar-refractivity contribution in [2.45, 2.75) is 103 Å². The Kier molecular flexibility index (Phi) is 12.4. The normalized spacial score (nSPS) is 21.3. The molecular weight excluding hydrogens is 520 g/mol. The molecule has 1 aliphatic carbocycles. The van der Waals surface area contributed by atoms with E-state index in [0.29, 0.717) is 17.9 Å². The van der Waals surface area contributed by atoms with E-state index < -0.39 is 5.97 Å². The molecule has 2 aliphatic heterocycles. The van der Waals surface area contributed by atoms with Crippen LogP contribution in [0.5, 0.6) is 0 Å². The molecule has 6 nitrogen and oxygen atoms in total. The highest BCUT2D eigenvalue weighted by molar-refractivity contribution is 5.76. The van der Waals surface area contributed by atoms with E-state index in [9.17, 15) is 9.90 Å². The zero-order valence-electron chi connectivity index (χ0n) is 26.5. The van der Waals surface area contributed by atoms with E-state index >= 15 is 0 Å². The molecule has 1 aromatic heterocycles. The number of hydrogen-bond acceptors (Lipinski definition) is 4. The van der Waals surface area contributed by atoms with Gasteiger partial charge in [0.2, 0.25) is 0 Å². The lowest BCUT2D eigenvalue weighted by atomic mass is 9.83. The number of piperidine rings is 1. The van der Waals surface area contributed by atoms with E-state index in [4.69, 9.17) is 4.98 Å². The van der Waals surface area contributed by atoms with Crippen molar-refractivity contribution >= 4 is 17.0 Å². The fourth-order valence-electron chi connectivity index (χ4n) is 7.30. The van der Waals surface area contributed by atoms with Gasteiger partial charge in [0.25, 0.3) is 0 Å². The third-order valence-corrected chi connectivity index (χ3v) is 9.43. The average Bonchev–Trinajstić information content (AvgIpc) is 3.65. The first-order valence-electron chi connectivity index (χ1n) is 16.7. The number of imidazole rings is 1. The van der Waals surface area contributed by atoms with Crippen molar-refractivity contribution in [3.63, 3.8) is 0 Å². The first kappa shape index (κ1) is 32.2. The highest BCUT2D eigenvalue weighted by Crippen LogP contribution is 2.35. The van der Waals surface area contributed by atoms with Crippen molar-refractivity contribution in [3.05, 3.63) is 66.0 Å². The van der Waals surface area contributed by atoms with Crippen LogP contribution in [0.15, 0.2) is 54.6 Å². The van der Waals surface area contributed by atoms with Crippen LogP contribution in [-0.4, -0.2) is 69.7 Å². The minimum atomic E-state index is -0.615. The Morgan fingerprint density at radius 1 is 0.905 bits per heavy atom. The Morgan fingerprint density at radius 2 is 1.57 bits per heavy atom. The number of likely N-dealkylation sites (tertiary alicyclic amines) is 2. The summed E-state index contributed by atoms with van der Waals surface area (Å²) in [5.41, 5.74) is 3.83. The number of para-hydroxylation sites is 2. The minimum Gasteiger partial charge on any atom is -0.480 e. The maximum absolute atomic E-state index is 11.8. The topological polar surface area (TPSA) is 61.6 Å².